The van der Waals surface area contributed by atoms with Crippen LogP contribution in [0.15, 0.2) is 203 Å². The molecule has 0 bridgehead atoms. The Kier molecular flexibility index (Phi) is 6.60. The molecular formula is C52H32N2O2. The highest BCUT2D eigenvalue weighted by atomic mass is 16.3. The smallest absolute Gasteiger partial charge is 0.143 e. The van der Waals surface area contributed by atoms with E-state index >= 15 is 0 Å². The topological polar surface area (TPSA) is 34.5 Å². The molecule has 0 unspecified atom stereocenters. The van der Waals surface area contributed by atoms with Gasteiger partial charge in [0.15, 0.2) is 0 Å². The Balaban J connectivity index is 1.10. The fourth-order valence-electron chi connectivity index (χ4n) is 8.89. The van der Waals surface area contributed by atoms with Crippen molar-refractivity contribution in [3.05, 3.63) is 194 Å². The molecule has 262 valence electrons. The predicted octanol–water partition coefficient (Wildman–Crippen LogP) is 14.9. The summed E-state index contributed by atoms with van der Waals surface area (Å²) >= 11 is 0. The second-order valence-electron chi connectivity index (χ2n) is 14.5. The number of benzene rings is 9. The van der Waals surface area contributed by atoms with Crippen LogP contribution in [0.2, 0.25) is 0 Å². The maximum absolute atomic E-state index is 6.73. The molecule has 56 heavy (non-hydrogen) atoms. The first-order valence-corrected chi connectivity index (χ1v) is 19.0. The third kappa shape index (κ3) is 4.53. The van der Waals surface area contributed by atoms with E-state index in [2.05, 4.69) is 191 Å². The first-order valence-electron chi connectivity index (χ1n) is 19.0. The molecule has 3 aromatic heterocycles. The maximum atomic E-state index is 6.73. The lowest BCUT2D eigenvalue weighted by Crippen LogP contribution is -2.11. The van der Waals surface area contributed by atoms with Crippen LogP contribution in [0.3, 0.4) is 0 Å². The van der Waals surface area contributed by atoms with E-state index in [1.165, 1.54) is 21.8 Å². The molecule has 0 fully saturated rings. The minimum Gasteiger partial charge on any atom is -0.456 e. The zero-order valence-corrected chi connectivity index (χ0v) is 30.2. The highest BCUT2D eigenvalue weighted by molar-refractivity contribution is 6.20. The SMILES string of the molecule is c1ccc(N(c2ccc(-n3c4ccccc4c4ccccc43)cc2)c2cccc3oc4c5ccccc5ccc4c23)c(-c2ccc3oc4ccccc4c3c2)c1. The molecule has 12 rings (SSSR count). The van der Waals surface area contributed by atoms with Gasteiger partial charge in [0, 0.05) is 49.3 Å². The second-order valence-corrected chi connectivity index (χ2v) is 14.5. The van der Waals surface area contributed by atoms with E-state index in [0.717, 1.165) is 88.5 Å². The normalized spacial score (nSPS) is 11.9. The summed E-state index contributed by atoms with van der Waals surface area (Å²) in [5.41, 5.74) is 12.4. The number of anilines is 3. The van der Waals surface area contributed by atoms with Crippen molar-refractivity contribution in [3.63, 3.8) is 0 Å². The van der Waals surface area contributed by atoms with Crippen molar-refractivity contribution in [2.75, 3.05) is 4.90 Å². The Morgan fingerprint density at radius 1 is 0.393 bits per heavy atom. The number of furan rings is 2. The Bertz CT molecular complexity index is 3440. The Morgan fingerprint density at radius 3 is 1.86 bits per heavy atom. The lowest BCUT2D eigenvalue weighted by atomic mass is 9.99. The van der Waals surface area contributed by atoms with Gasteiger partial charge in [-0.3, -0.25) is 0 Å². The number of para-hydroxylation sites is 4. The summed E-state index contributed by atoms with van der Waals surface area (Å²) in [7, 11) is 0. The van der Waals surface area contributed by atoms with Crippen molar-refractivity contribution >= 4 is 93.5 Å². The molecule has 0 saturated carbocycles. The summed E-state index contributed by atoms with van der Waals surface area (Å²) in [6.07, 6.45) is 0. The van der Waals surface area contributed by atoms with Crippen molar-refractivity contribution in [2.24, 2.45) is 0 Å². The van der Waals surface area contributed by atoms with Gasteiger partial charge in [0.1, 0.15) is 22.3 Å². The van der Waals surface area contributed by atoms with Crippen LogP contribution in [0.25, 0.3) is 93.3 Å². The molecule has 0 atom stereocenters. The maximum Gasteiger partial charge on any atom is 0.143 e. The monoisotopic (exact) mass is 716 g/mol. The third-order valence-electron chi connectivity index (χ3n) is 11.4. The molecule has 4 nitrogen and oxygen atoms in total. The zero-order valence-electron chi connectivity index (χ0n) is 30.2. The quantitative estimate of drug-likeness (QED) is 0.178. The summed E-state index contributed by atoms with van der Waals surface area (Å²) in [6.45, 7) is 0. The molecule has 0 N–H and O–H groups in total. The van der Waals surface area contributed by atoms with E-state index in [1.54, 1.807) is 0 Å². The van der Waals surface area contributed by atoms with Crippen LogP contribution in [0.4, 0.5) is 17.1 Å². The molecule has 4 heteroatoms. The van der Waals surface area contributed by atoms with Crippen LogP contribution in [0, 0.1) is 0 Å². The van der Waals surface area contributed by atoms with E-state index in [9.17, 15) is 0 Å². The van der Waals surface area contributed by atoms with E-state index in [4.69, 9.17) is 8.83 Å². The largest absolute Gasteiger partial charge is 0.456 e. The number of aromatic nitrogens is 1. The van der Waals surface area contributed by atoms with Gasteiger partial charge in [-0.15, -0.1) is 0 Å². The Labute approximate surface area is 321 Å². The van der Waals surface area contributed by atoms with Crippen molar-refractivity contribution in [3.8, 4) is 16.8 Å². The summed E-state index contributed by atoms with van der Waals surface area (Å²) < 4.78 is 15.3. The van der Waals surface area contributed by atoms with Crippen LogP contribution >= 0.6 is 0 Å². The average Bonchev–Trinajstić information content (AvgIpc) is 3.94. The third-order valence-corrected chi connectivity index (χ3v) is 11.4. The van der Waals surface area contributed by atoms with Gasteiger partial charge >= 0.3 is 0 Å². The molecule has 0 radical (unpaired) electrons. The van der Waals surface area contributed by atoms with E-state index in [0.29, 0.717) is 0 Å². The van der Waals surface area contributed by atoms with Gasteiger partial charge < -0.3 is 18.3 Å². The fraction of sp³-hybridized carbons (Fsp3) is 0. The van der Waals surface area contributed by atoms with Crippen LogP contribution in [-0.4, -0.2) is 4.57 Å². The molecule has 9 aromatic carbocycles. The highest BCUT2D eigenvalue weighted by Gasteiger charge is 2.23. The molecule has 12 aromatic rings. The molecular weight excluding hydrogens is 685 g/mol. The fourth-order valence-corrected chi connectivity index (χ4v) is 8.89. The standard InChI is InChI=1S/C52H32N2O2/c1-2-14-38-33(12-1)24-30-42-51-47(21-11-23-50(51)56-52(38)42)54(36-28-26-35(27-29-36)53-45-19-8-4-15-39(45)40-16-5-9-20-46(40)53)44-18-7-3-13-37(44)34-25-31-49-43(32-34)41-17-6-10-22-48(41)55-49/h1-32H. The minimum absolute atomic E-state index is 0.851. The second kappa shape index (κ2) is 12.0. The van der Waals surface area contributed by atoms with Gasteiger partial charge in [-0.05, 0) is 89.8 Å². The van der Waals surface area contributed by atoms with Crippen molar-refractivity contribution in [2.45, 2.75) is 0 Å². The lowest BCUT2D eigenvalue weighted by Gasteiger charge is -2.28. The Hall–Kier alpha value is -7.56. The number of rotatable bonds is 5. The summed E-state index contributed by atoms with van der Waals surface area (Å²) in [6, 6.07) is 69.1. The van der Waals surface area contributed by atoms with Crippen LogP contribution in [0.5, 0.6) is 0 Å². The predicted molar refractivity (Wildman–Crippen MR) is 233 cm³/mol. The number of hydrogen-bond donors (Lipinski definition) is 0. The van der Waals surface area contributed by atoms with Crippen LogP contribution in [0.1, 0.15) is 0 Å². The molecule has 0 aliphatic carbocycles. The molecule has 0 amide bonds. The van der Waals surface area contributed by atoms with E-state index < -0.39 is 0 Å². The highest BCUT2D eigenvalue weighted by Crippen LogP contribution is 2.47. The molecule has 3 heterocycles. The van der Waals surface area contributed by atoms with E-state index in [-0.39, 0.29) is 0 Å². The molecule has 0 aliphatic rings. The first-order chi connectivity index (χ1) is 27.8. The minimum atomic E-state index is 0.851. The molecule has 0 spiro atoms. The summed E-state index contributed by atoms with van der Waals surface area (Å²) in [4.78, 5) is 2.40. The molecule has 0 aliphatic heterocycles. The summed E-state index contributed by atoms with van der Waals surface area (Å²) in [5, 5.41) is 9.13. The average molecular weight is 717 g/mol. The Morgan fingerprint density at radius 2 is 1.04 bits per heavy atom. The number of fused-ring (bicyclic) bond motifs is 11. The van der Waals surface area contributed by atoms with Crippen molar-refractivity contribution < 1.29 is 8.83 Å². The van der Waals surface area contributed by atoms with Gasteiger partial charge in [-0.1, -0.05) is 115 Å². The van der Waals surface area contributed by atoms with Gasteiger partial charge in [0.25, 0.3) is 0 Å². The van der Waals surface area contributed by atoms with Crippen molar-refractivity contribution in [1.82, 2.24) is 4.57 Å². The van der Waals surface area contributed by atoms with Crippen LogP contribution < -0.4 is 4.90 Å². The summed E-state index contributed by atoms with van der Waals surface area (Å²) in [5.74, 6) is 0. The van der Waals surface area contributed by atoms with Crippen LogP contribution in [-0.2, 0) is 0 Å². The van der Waals surface area contributed by atoms with Crippen molar-refractivity contribution in [1.29, 1.82) is 0 Å². The van der Waals surface area contributed by atoms with Gasteiger partial charge in [-0.2, -0.15) is 0 Å². The number of hydrogen-bond acceptors (Lipinski definition) is 3. The zero-order chi connectivity index (χ0) is 36.7. The number of nitrogens with zero attached hydrogens (tertiary/aromatic N) is 2. The van der Waals surface area contributed by atoms with Gasteiger partial charge in [0.2, 0.25) is 0 Å². The van der Waals surface area contributed by atoms with Gasteiger partial charge in [0.05, 0.1) is 27.8 Å². The van der Waals surface area contributed by atoms with E-state index in [1.807, 2.05) is 12.1 Å². The van der Waals surface area contributed by atoms with Gasteiger partial charge in [-0.25, -0.2) is 0 Å². The lowest BCUT2D eigenvalue weighted by molar-refractivity contribution is 0.669. The first kappa shape index (κ1) is 30.9. The molecule has 0 saturated heterocycles.